The standard InChI is InChI=1S/C14H20N4O/c1-3-15-9-12-5-6-13(10-17-12)19-11-14-16-7-8-18(14)4-2/h5-8,10,15H,3-4,9,11H2,1-2H3. The van der Waals surface area contributed by atoms with Gasteiger partial charge in [0.15, 0.2) is 0 Å². The average molecular weight is 260 g/mol. The Morgan fingerprint density at radius 2 is 2.16 bits per heavy atom. The van der Waals surface area contributed by atoms with E-state index in [1.165, 1.54) is 0 Å². The van der Waals surface area contributed by atoms with E-state index < -0.39 is 0 Å². The van der Waals surface area contributed by atoms with E-state index in [2.05, 4.69) is 33.7 Å². The number of pyridine rings is 1. The molecule has 0 radical (unpaired) electrons. The molecule has 0 aliphatic rings. The summed E-state index contributed by atoms with van der Waals surface area (Å²) < 4.78 is 7.75. The summed E-state index contributed by atoms with van der Waals surface area (Å²) in [7, 11) is 0. The van der Waals surface area contributed by atoms with Crippen molar-refractivity contribution in [2.75, 3.05) is 6.54 Å². The molecule has 0 spiro atoms. The first-order chi connectivity index (χ1) is 9.33. The lowest BCUT2D eigenvalue weighted by molar-refractivity contribution is 0.288. The predicted octanol–water partition coefficient (Wildman–Crippen LogP) is 1.99. The van der Waals surface area contributed by atoms with Crippen LogP contribution < -0.4 is 10.1 Å². The highest BCUT2D eigenvalue weighted by Gasteiger charge is 2.02. The molecule has 5 nitrogen and oxygen atoms in total. The van der Waals surface area contributed by atoms with Crippen LogP contribution in [0.5, 0.6) is 5.75 Å². The first-order valence-corrected chi connectivity index (χ1v) is 6.62. The van der Waals surface area contributed by atoms with Crippen molar-refractivity contribution in [1.29, 1.82) is 0 Å². The first-order valence-electron chi connectivity index (χ1n) is 6.62. The van der Waals surface area contributed by atoms with E-state index in [9.17, 15) is 0 Å². The lowest BCUT2D eigenvalue weighted by atomic mass is 10.3. The number of rotatable bonds is 7. The SMILES string of the molecule is CCNCc1ccc(OCc2nccn2CC)cn1. The number of imidazole rings is 1. The fourth-order valence-corrected chi connectivity index (χ4v) is 1.77. The molecule has 0 atom stereocenters. The van der Waals surface area contributed by atoms with E-state index >= 15 is 0 Å². The minimum atomic E-state index is 0.467. The second-order valence-electron chi connectivity index (χ2n) is 4.18. The zero-order chi connectivity index (χ0) is 13.5. The van der Waals surface area contributed by atoms with E-state index in [-0.39, 0.29) is 0 Å². The summed E-state index contributed by atoms with van der Waals surface area (Å²) >= 11 is 0. The minimum Gasteiger partial charge on any atom is -0.484 e. The summed E-state index contributed by atoms with van der Waals surface area (Å²) in [5.41, 5.74) is 1.02. The summed E-state index contributed by atoms with van der Waals surface area (Å²) in [4.78, 5) is 8.61. The van der Waals surface area contributed by atoms with Crippen molar-refractivity contribution in [3.05, 3.63) is 42.2 Å². The van der Waals surface area contributed by atoms with Crippen LogP contribution in [0.25, 0.3) is 0 Å². The molecule has 2 aromatic rings. The Labute approximate surface area is 113 Å². The first kappa shape index (κ1) is 13.5. The van der Waals surface area contributed by atoms with E-state index in [0.29, 0.717) is 6.61 Å². The van der Waals surface area contributed by atoms with Crippen molar-refractivity contribution in [3.8, 4) is 5.75 Å². The molecule has 0 saturated heterocycles. The monoisotopic (exact) mass is 260 g/mol. The van der Waals surface area contributed by atoms with Crippen molar-refractivity contribution in [2.24, 2.45) is 0 Å². The van der Waals surface area contributed by atoms with Crippen LogP contribution in [-0.4, -0.2) is 21.1 Å². The third-order valence-corrected chi connectivity index (χ3v) is 2.86. The molecule has 19 heavy (non-hydrogen) atoms. The van der Waals surface area contributed by atoms with Crippen molar-refractivity contribution in [2.45, 2.75) is 33.5 Å². The van der Waals surface area contributed by atoms with Gasteiger partial charge >= 0.3 is 0 Å². The van der Waals surface area contributed by atoms with E-state index in [4.69, 9.17) is 4.74 Å². The summed E-state index contributed by atoms with van der Waals surface area (Å²) in [5, 5.41) is 3.24. The lowest BCUT2D eigenvalue weighted by Crippen LogP contribution is -2.12. The highest BCUT2D eigenvalue weighted by molar-refractivity contribution is 5.20. The second-order valence-corrected chi connectivity index (χ2v) is 4.18. The van der Waals surface area contributed by atoms with E-state index in [1.807, 2.05) is 18.3 Å². The number of nitrogens with one attached hydrogen (secondary N) is 1. The van der Waals surface area contributed by atoms with Crippen LogP contribution in [-0.2, 0) is 19.7 Å². The quantitative estimate of drug-likeness (QED) is 0.827. The largest absolute Gasteiger partial charge is 0.484 e. The van der Waals surface area contributed by atoms with Crippen molar-refractivity contribution < 1.29 is 4.74 Å². The predicted molar refractivity (Wildman–Crippen MR) is 73.9 cm³/mol. The number of aromatic nitrogens is 3. The topological polar surface area (TPSA) is 52.0 Å². The number of hydrogen-bond donors (Lipinski definition) is 1. The molecule has 2 heterocycles. The molecule has 1 N–H and O–H groups in total. The minimum absolute atomic E-state index is 0.467. The Morgan fingerprint density at radius 1 is 1.26 bits per heavy atom. The molecule has 0 saturated carbocycles. The zero-order valence-electron chi connectivity index (χ0n) is 11.5. The Kier molecular flexibility index (Phi) is 4.92. The van der Waals surface area contributed by atoms with E-state index in [1.54, 1.807) is 12.4 Å². The third kappa shape index (κ3) is 3.79. The molecule has 0 unspecified atom stereocenters. The summed E-state index contributed by atoms with van der Waals surface area (Å²) in [6.45, 7) is 7.26. The van der Waals surface area contributed by atoms with Gasteiger partial charge in [0.1, 0.15) is 18.2 Å². The fraction of sp³-hybridized carbons (Fsp3) is 0.429. The van der Waals surface area contributed by atoms with Gasteiger partial charge in [0, 0.05) is 25.5 Å². The van der Waals surface area contributed by atoms with Crippen LogP contribution >= 0.6 is 0 Å². The van der Waals surface area contributed by atoms with Gasteiger partial charge in [0.05, 0.1) is 11.9 Å². The van der Waals surface area contributed by atoms with Gasteiger partial charge in [-0.3, -0.25) is 4.98 Å². The second kappa shape index (κ2) is 6.89. The van der Waals surface area contributed by atoms with Gasteiger partial charge in [0.2, 0.25) is 0 Å². The van der Waals surface area contributed by atoms with Crippen molar-refractivity contribution >= 4 is 0 Å². The van der Waals surface area contributed by atoms with Gasteiger partial charge in [-0.25, -0.2) is 4.98 Å². The normalized spacial score (nSPS) is 10.6. The molecular formula is C14H20N4O. The Bertz CT molecular complexity index is 492. The van der Waals surface area contributed by atoms with Gasteiger partial charge < -0.3 is 14.6 Å². The summed E-state index contributed by atoms with van der Waals surface area (Å²) in [6.07, 6.45) is 5.50. The molecule has 5 heteroatoms. The molecule has 2 aromatic heterocycles. The molecule has 0 amide bonds. The summed E-state index contributed by atoms with van der Waals surface area (Å²) in [6, 6.07) is 3.92. The van der Waals surface area contributed by atoms with Crippen molar-refractivity contribution in [3.63, 3.8) is 0 Å². The van der Waals surface area contributed by atoms with Crippen LogP contribution in [0, 0.1) is 0 Å². The van der Waals surface area contributed by atoms with Gasteiger partial charge in [-0.2, -0.15) is 0 Å². The van der Waals surface area contributed by atoms with E-state index in [0.717, 1.165) is 36.9 Å². The molecule has 0 fully saturated rings. The number of nitrogens with zero attached hydrogens (tertiary/aromatic N) is 3. The zero-order valence-corrected chi connectivity index (χ0v) is 11.5. The van der Waals surface area contributed by atoms with Gasteiger partial charge in [-0.05, 0) is 25.6 Å². The molecule has 0 aromatic carbocycles. The number of aryl methyl sites for hydroxylation is 1. The lowest BCUT2D eigenvalue weighted by Gasteiger charge is -2.08. The van der Waals surface area contributed by atoms with Crippen molar-refractivity contribution in [1.82, 2.24) is 19.9 Å². The Morgan fingerprint density at radius 3 is 2.84 bits per heavy atom. The Balaban J connectivity index is 1.89. The van der Waals surface area contributed by atoms with Gasteiger partial charge in [-0.15, -0.1) is 0 Å². The van der Waals surface area contributed by atoms with Crippen LogP contribution in [0.4, 0.5) is 0 Å². The highest BCUT2D eigenvalue weighted by Crippen LogP contribution is 2.11. The van der Waals surface area contributed by atoms with Crippen LogP contribution in [0.1, 0.15) is 25.4 Å². The molecular weight excluding hydrogens is 240 g/mol. The van der Waals surface area contributed by atoms with Crippen LogP contribution in [0.3, 0.4) is 0 Å². The number of ether oxygens (including phenoxy) is 1. The van der Waals surface area contributed by atoms with Crippen LogP contribution in [0.15, 0.2) is 30.7 Å². The highest BCUT2D eigenvalue weighted by atomic mass is 16.5. The van der Waals surface area contributed by atoms with Crippen LogP contribution in [0.2, 0.25) is 0 Å². The molecule has 0 bridgehead atoms. The van der Waals surface area contributed by atoms with Gasteiger partial charge in [-0.1, -0.05) is 6.92 Å². The average Bonchev–Trinajstić information content (AvgIpc) is 2.91. The smallest absolute Gasteiger partial charge is 0.146 e. The Hall–Kier alpha value is -1.88. The molecule has 0 aliphatic heterocycles. The molecule has 102 valence electrons. The van der Waals surface area contributed by atoms with Gasteiger partial charge in [0.25, 0.3) is 0 Å². The maximum absolute atomic E-state index is 5.69. The summed E-state index contributed by atoms with van der Waals surface area (Å²) in [5.74, 6) is 1.70. The third-order valence-electron chi connectivity index (χ3n) is 2.86. The molecule has 0 aliphatic carbocycles. The maximum Gasteiger partial charge on any atom is 0.146 e. The molecule has 2 rings (SSSR count). The fourth-order valence-electron chi connectivity index (χ4n) is 1.77. The maximum atomic E-state index is 5.69. The number of hydrogen-bond acceptors (Lipinski definition) is 4.